The molecule has 0 amide bonds. The largest absolute Gasteiger partial charge is 0.480 e. The molecule has 28 heavy (non-hydrogen) atoms. The molecule has 148 valence electrons. The van der Waals surface area contributed by atoms with Gasteiger partial charge >= 0.3 is 5.97 Å². The maximum Gasteiger partial charge on any atom is 0.322 e. The summed E-state index contributed by atoms with van der Waals surface area (Å²) in [6, 6.07) is 10.6. The van der Waals surface area contributed by atoms with Gasteiger partial charge in [-0.25, -0.2) is 8.42 Å². The number of nitrogens with one attached hydrogen (secondary N) is 1. The van der Waals surface area contributed by atoms with Crippen molar-refractivity contribution < 1.29 is 22.8 Å². The molecule has 0 saturated heterocycles. The van der Waals surface area contributed by atoms with E-state index in [2.05, 4.69) is 9.88 Å². The number of aliphatic carboxylic acids is 1. The molecule has 0 unspecified atom stereocenters. The fourth-order valence-electron chi connectivity index (χ4n) is 2.61. The van der Waals surface area contributed by atoms with Gasteiger partial charge < -0.3 is 9.63 Å². The SMILES string of the molecule is Cc1ccc(-c2cc(-c3ccc(S(=O)(=O)N[C@H](C(=O)O)C(C)C)cc3)no2)s1. The zero-order valence-electron chi connectivity index (χ0n) is 15.5. The van der Waals surface area contributed by atoms with E-state index in [9.17, 15) is 18.3 Å². The first-order valence-electron chi connectivity index (χ1n) is 8.56. The van der Waals surface area contributed by atoms with Crippen LogP contribution in [-0.2, 0) is 14.8 Å². The van der Waals surface area contributed by atoms with Gasteiger partial charge in [-0.15, -0.1) is 11.3 Å². The van der Waals surface area contributed by atoms with Crippen LogP contribution < -0.4 is 4.72 Å². The molecule has 3 aromatic rings. The van der Waals surface area contributed by atoms with Crippen molar-refractivity contribution in [2.75, 3.05) is 0 Å². The van der Waals surface area contributed by atoms with Gasteiger partial charge in [0.2, 0.25) is 10.0 Å². The highest BCUT2D eigenvalue weighted by Gasteiger charge is 2.28. The standard InChI is InChI=1S/C19H20N2O5S2/c1-11(2)18(19(22)23)21-28(24,25)14-7-5-13(6-8-14)15-10-16(26-20-15)17-9-4-12(3)27-17/h4-11,18,21H,1-3H3,(H,22,23)/t18-/m0/s1. The molecule has 0 aliphatic heterocycles. The average Bonchev–Trinajstić information content (AvgIpc) is 3.28. The summed E-state index contributed by atoms with van der Waals surface area (Å²) >= 11 is 1.60. The predicted molar refractivity (Wildman–Crippen MR) is 107 cm³/mol. The van der Waals surface area contributed by atoms with E-state index in [0.717, 1.165) is 9.75 Å². The summed E-state index contributed by atoms with van der Waals surface area (Å²) in [4.78, 5) is 13.4. The van der Waals surface area contributed by atoms with E-state index in [4.69, 9.17) is 4.52 Å². The summed E-state index contributed by atoms with van der Waals surface area (Å²) in [5.41, 5.74) is 1.28. The number of carboxylic acids is 1. The van der Waals surface area contributed by atoms with Gasteiger partial charge in [-0.2, -0.15) is 4.72 Å². The molecular formula is C19H20N2O5S2. The lowest BCUT2D eigenvalue weighted by Gasteiger charge is -2.18. The molecule has 0 fully saturated rings. The van der Waals surface area contributed by atoms with Crippen molar-refractivity contribution in [3.8, 4) is 21.9 Å². The van der Waals surface area contributed by atoms with Gasteiger partial charge in [0.15, 0.2) is 5.76 Å². The quantitative estimate of drug-likeness (QED) is 0.602. The van der Waals surface area contributed by atoms with Crippen LogP contribution in [0.5, 0.6) is 0 Å². The zero-order valence-corrected chi connectivity index (χ0v) is 17.2. The number of carboxylic acid groups (broad SMARTS) is 1. The normalized spacial score (nSPS) is 13.0. The van der Waals surface area contributed by atoms with Crippen LogP contribution in [-0.4, -0.2) is 30.7 Å². The summed E-state index contributed by atoms with van der Waals surface area (Å²) in [5, 5.41) is 13.2. The van der Waals surface area contributed by atoms with Crippen molar-refractivity contribution in [3.63, 3.8) is 0 Å². The van der Waals surface area contributed by atoms with E-state index in [1.807, 2.05) is 19.1 Å². The van der Waals surface area contributed by atoms with Gasteiger partial charge in [0.25, 0.3) is 0 Å². The number of nitrogens with zero attached hydrogens (tertiary/aromatic N) is 1. The Morgan fingerprint density at radius 3 is 2.39 bits per heavy atom. The van der Waals surface area contributed by atoms with Gasteiger partial charge in [0, 0.05) is 16.5 Å². The number of hydrogen-bond donors (Lipinski definition) is 2. The van der Waals surface area contributed by atoms with Crippen molar-refractivity contribution in [2.24, 2.45) is 5.92 Å². The molecule has 7 nitrogen and oxygen atoms in total. The minimum Gasteiger partial charge on any atom is -0.480 e. The number of hydrogen-bond acceptors (Lipinski definition) is 6. The third-order valence-corrected chi connectivity index (χ3v) is 6.64. The van der Waals surface area contributed by atoms with E-state index in [0.29, 0.717) is 17.0 Å². The Kier molecular flexibility index (Phi) is 5.69. The van der Waals surface area contributed by atoms with Crippen LogP contribution in [0.1, 0.15) is 18.7 Å². The first kappa shape index (κ1) is 20.2. The van der Waals surface area contributed by atoms with Crippen molar-refractivity contribution in [1.29, 1.82) is 0 Å². The minimum absolute atomic E-state index is 0.0132. The van der Waals surface area contributed by atoms with Gasteiger partial charge in [-0.1, -0.05) is 31.1 Å². The summed E-state index contributed by atoms with van der Waals surface area (Å²) in [6.45, 7) is 5.29. The molecule has 2 N–H and O–H groups in total. The molecule has 0 saturated carbocycles. The molecule has 0 aliphatic carbocycles. The summed E-state index contributed by atoms with van der Waals surface area (Å²) < 4.78 is 32.6. The Balaban J connectivity index is 1.81. The van der Waals surface area contributed by atoms with E-state index in [-0.39, 0.29) is 10.8 Å². The lowest BCUT2D eigenvalue weighted by atomic mass is 10.1. The Morgan fingerprint density at radius 2 is 1.86 bits per heavy atom. The first-order valence-corrected chi connectivity index (χ1v) is 10.9. The topological polar surface area (TPSA) is 110 Å². The summed E-state index contributed by atoms with van der Waals surface area (Å²) in [6.07, 6.45) is 0. The van der Waals surface area contributed by atoms with E-state index < -0.39 is 22.0 Å². The van der Waals surface area contributed by atoms with E-state index in [1.54, 1.807) is 43.4 Å². The molecule has 0 aliphatic rings. The Labute approximate surface area is 167 Å². The highest BCUT2D eigenvalue weighted by molar-refractivity contribution is 7.89. The molecule has 3 rings (SSSR count). The number of thiophene rings is 1. The molecule has 1 aromatic carbocycles. The van der Waals surface area contributed by atoms with Crippen LogP contribution in [0, 0.1) is 12.8 Å². The minimum atomic E-state index is -3.96. The first-order chi connectivity index (χ1) is 13.2. The van der Waals surface area contributed by atoms with E-state index in [1.165, 1.54) is 12.1 Å². The number of sulfonamides is 1. The third-order valence-electron chi connectivity index (χ3n) is 4.17. The lowest BCUT2D eigenvalue weighted by molar-refractivity contribution is -0.140. The smallest absolute Gasteiger partial charge is 0.322 e. The van der Waals surface area contributed by atoms with Crippen molar-refractivity contribution in [2.45, 2.75) is 31.7 Å². The molecule has 1 atom stereocenters. The van der Waals surface area contributed by atoms with Crippen LogP contribution in [0.3, 0.4) is 0 Å². The maximum absolute atomic E-state index is 12.5. The van der Waals surface area contributed by atoms with Gasteiger partial charge in [-0.3, -0.25) is 4.79 Å². The summed E-state index contributed by atoms with van der Waals surface area (Å²) in [5.74, 6) is -0.956. The van der Waals surface area contributed by atoms with Crippen LogP contribution in [0.2, 0.25) is 0 Å². The van der Waals surface area contributed by atoms with Crippen LogP contribution in [0.4, 0.5) is 0 Å². The second-order valence-electron chi connectivity index (χ2n) is 6.69. The van der Waals surface area contributed by atoms with Gasteiger partial charge in [-0.05, 0) is 37.1 Å². The van der Waals surface area contributed by atoms with E-state index >= 15 is 0 Å². The monoisotopic (exact) mass is 420 g/mol. The van der Waals surface area contributed by atoms with Crippen LogP contribution >= 0.6 is 11.3 Å². The van der Waals surface area contributed by atoms with Crippen molar-refractivity contribution in [1.82, 2.24) is 9.88 Å². The van der Waals surface area contributed by atoms with Crippen LogP contribution in [0.25, 0.3) is 21.9 Å². The Bertz CT molecular complexity index is 1080. The lowest BCUT2D eigenvalue weighted by Crippen LogP contribution is -2.44. The number of aromatic nitrogens is 1. The van der Waals surface area contributed by atoms with Crippen molar-refractivity contribution in [3.05, 3.63) is 47.3 Å². The average molecular weight is 421 g/mol. The highest BCUT2D eigenvalue weighted by atomic mass is 32.2. The molecule has 0 bridgehead atoms. The summed E-state index contributed by atoms with van der Waals surface area (Å²) in [7, 11) is -3.96. The highest BCUT2D eigenvalue weighted by Crippen LogP contribution is 2.31. The zero-order chi connectivity index (χ0) is 20.5. The number of carbonyl (C=O) groups is 1. The number of rotatable bonds is 7. The second kappa shape index (κ2) is 7.86. The molecule has 2 aromatic heterocycles. The molecule has 0 spiro atoms. The van der Waals surface area contributed by atoms with Gasteiger partial charge in [0.05, 0.1) is 9.77 Å². The number of aryl methyl sites for hydroxylation is 1. The molecule has 2 heterocycles. The molecule has 0 radical (unpaired) electrons. The third kappa shape index (κ3) is 4.32. The fourth-order valence-corrected chi connectivity index (χ4v) is 4.76. The number of benzene rings is 1. The van der Waals surface area contributed by atoms with Crippen molar-refractivity contribution >= 4 is 27.3 Å². The fraction of sp³-hybridized carbons (Fsp3) is 0.263. The molecular weight excluding hydrogens is 400 g/mol. The maximum atomic E-state index is 12.5. The Hall–Kier alpha value is -2.49. The Morgan fingerprint density at radius 1 is 1.18 bits per heavy atom. The van der Waals surface area contributed by atoms with Gasteiger partial charge in [0.1, 0.15) is 11.7 Å². The van der Waals surface area contributed by atoms with Crippen LogP contribution in [0.15, 0.2) is 51.9 Å². The predicted octanol–water partition coefficient (Wildman–Crippen LogP) is 3.77. The second-order valence-corrected chi connectivity index (χ2v) is 9.69. The molecule has 9 heteroatoms.